The Morgan fingerprint density at radius 2 is 2.00 bits per heavy atom. The topological polar surface area (TPSA) is 12.0 Å². The zero-order valence-electron chi connectivity index (χ0n) is 10.1. The lowest BCUT2D eigenvalue weighted by atomic mass is 9.86. The van der Waals surface area contributed by atoms with Crippen molar-refractivity contribution in [2.45, 2.75) is 45.6 Å². The molecule has 1 aromatic carbocycles. The van der Waals surface area contributed by atoms with Crippen molar-refractivity contribution in [3.05, 3.63) is 29.6 Å². The van der Waals surface area contributed by atoms with E-state index in [-0.39, 0.29) is 5.82 Å². The summed E-state index contributed by atoms with van der Waals surface area (Å²) in [6.07, 6.45) is 5.11. The van der Waals surface area contributed by atoms with E-state index in [0.717, 1.165) is 5.69 Å². The second-order valence-corrected chi connectivity index (χ2v) is 4.98. The molecule has 1 aliphatic rings. The third-order valence-corrected chi connectivity index (χ3v) is 3.64. The largest absolute Gasteiger partial charge is 0.382 e. The summed E-state index contributed by atoms with van der Waals surface area (Å²) in [5, 5.41) is 3.46. The molecule has 0 radical (unpaired) electrons. The van der Waals surface area contributed by atoms with E-state index in [1.54, 1.807) is 13.0 Å². The molecule has 1 N–H and O–H groups in total. The predicted octanol–water partition coefficient (Wildman–Crippen LogP) is 4.12. The molecule has 2 unspecified atom stereocenters. The van der Waals surface area contributed by atoms with Crippen molar-refractivity contribution in [2.24, 2.45) is 5.92 Å². The van der Waals surface area contributed by atoms with E-state index in [9.17, 15) is 4.39 Å². The van der Waals surface area contributed by atoms with Gasteiger partial charge in [0.15, 0.2) is 0 Å². The molecular formula is C14H20FN. The standard InChI is InChI=1S/C14H20FN/c1-10-7-8-12(9-13(10)15)16-14-6-4-3-5-11(14)2/h7-9,11,14,16H,3-6H2,1-2H3. The quantitative estimate of drug-likeness (QED) is 0.792. The average molecular weight is 221 g/mol. The first-order valence-electron chi connectivity index (χ1n) is 6.19. The lowest BCUT2D eigenvalue weighted by molar-refractivity contribution is 0.349. The molecule has 1 saturated carbocycles. The van der Waals surface area contributed by atoms with Gasteiger partial charge in [0.25, 0.3) is 0 Å². The molecule has 0 spiro atoms. The Morgan fingerprint density at radius 1 is 1.25 bits per heavy atom. The molecule has 2 atom stereocenters. The van der Waals surface area contributed by atoms with E-state index in [1.807, 2.05) is 12.1 Å². The van der Waals surface area contributed by atoms with Crippen molar-refractivity contribution < 1.29 is 4.39 Å². The molecular weight excluding hydrogens is 201 g/mol. The fraction of sp³-hybridized carbons (Fsp3) is 0.571. The van der Waals surface area contributed by atoms with Crippen molar-refractivity contribution in [1.29, 1.82) is 0 Å². The fourth-order valence-corrected chi connectivity index (χ4v) is 2.43. The minimum Gasteiger partial charge on any atom is -0.382 e. The molecule has 1 aromatic rings. The summed E-state index contributed by atoms with van der Waals surface area (Å²) >= 11 is 0. The smallest absolute Gasteiger partial charge is 0.128 e. The van der Waals surface area contributed by atoms with Crippen LogP contribution >= 0.6 is 0 Å². The van der Waals surface area contributed by atoms with Gasteiger partial charge in [0.2, 0.25) is 0 Å². The maximum absolute atomic E-state index is 13.4. The third-order valence-electron chi connectivity index (χ3n) is 3.64. The molecule has 1 nitrogen and oxygen atoms in total. The summed E-state index contributed by atoms with van der Waals surface area (Å²) in [6.45, 7) is 4.07. The zero-order chi connectivity index (χ0) is 11.5. The highest BCUT2D eigenvalue weighted by atomic mass is 19.1. The molecule has 0 heterocycles. The van der Waals surface area contributed by atoms with Gasteiger partial charge < -0.3 is 5.32 Å². The highest BCUT2D eigenvalue weighted by Crippen LogP contribution is 2.27. The number of halogens is 1. The minimum atomic E-state index is -0.117. The van der Waals surface area contributed by atoms with Gasteiger partial charge in [-0.05, 0) is 43.4 Å². The summed E-state index contributed by atoms with van der Waals surface area (Å²) in [7, 11) is 0. The van der Waals surface area contributed by atoms with Gasteiger partial charge in [0, 0.05) is 11.7 Å². The molecule has 2 heteroatoms. The van der Waals surface area contributed by atoms with Gasteiger partial charge in [-0.3, -0.25) is 0 Å². The Morgan fingerprint density at radius 3 is 2.69 bits per heavy atom. The number of anilines is 1. The highest BCUT2D eigenvalue weighted by Gasteiger charge is 2.20. The van der Waals surface area contributed by atoms with Gasteiger partial charge in [0.1, 0.15) is 5.82 Å². The van der Waals surface area contributed by atoms with E-state index < -0.39 is 0 Å². The lowest BCUT2D eigenvalue weighted by Gasteiger charge is -2.30. The molecule has 1 fully saturated rings. The molecule has 0 aromatic heterocycles. The molecule has 88 valence electrons. The number of rotatable bonds is 2. The summed E-state index contributed by atoms with van der Waals surface area (Å²) in [5.74, 6) is 0.576. The van der Waals surface area contributed by atoms with Gasteiger partial charge >= 0.3 is 0 Å². The van der Waals surface area contributed by atoms with Crippen LogP contribution in [-0.4, -0.2) is 6.04 Å². The molecule has 0 saturated heterocycles. The van der Waals surface area contributed by atoms with E-state index in [4.69, 9.17) is 0 Å². The van der Waals surface area contributed by atoms with Crippen molar-refractivity contribution >= 4 is 5.69 Å². The van der Waals surface area contributed by atoms with Crippen molar-refractivity contribution in [2.75, 3.05) is 5.32 Å². The first kappa shape index (κ1) is 11.4. The van der Waals surface area contributed by atoms with Gasteiger partial charge in [-0.25, -0.2) is 4.39 Å². The van der Waals surface area contributed by atoms with Crippen LogP contribution in [0.2, 0.25) is 0 Å². The lowest BCUT2D eigenvalue weighted by Crippen LogP contribution is -2.30. The van der Waals surface area contributed by atoms with E-state index >= 15 is 0 Å². The Labute approximate surface area is 97.1 Å². The van der Waals surface area contributed by atoms with Gasteiger partial charge in [-0.2, -0.15) is 0 Å². The molecule has 0 amide bonds. The normalized spacial score (nSPS) is 25.4. The first-order chi connectivity index (χ1) is 7.66. The molecule has 1 aliphatic carbocycles. The zero-order valence-corrected chi connectivity index (χ0v) is 10.1. The summed E-state index contributed by atoms with van der Waals surface area (Å²) < 4.78 is 13.4. The molecule has 16 heavy (non-hydrogen) atoms. The minimum absolute atomic E-state index is 0.117. The summed E-state index contributed by atoms with van der Waals surface area (Å²) in [6, 6.07) is 5.93. The third kappa shape index (κ3) is 2.55. The van der Waals surface area contributed by atoms with Crippen LogP contribution in [0.4, 0.5) is 10.1 Å². The highest BCUT2D eigenvalue weighted by molar-refractivity contribution is 5.46. The van der Waals surface area contributed by atoms with E-state index in [0.29, 0.717) is 17.5 Å². The molecule has 0 bridgehead atoms. The number of hydrogen-bond acceptors (Lipinski definition) is 1. The van der Waals surface area contributed by atoms with Crippen LogP contribution in [0.1, 0.15) is 38.2 Å². The second kappa shape index (κ2) is 4.86. The summed E-state index contributed by atoms with van der Waals surface area (Å²) in [5.41, 5.74) is 1.63. The van der Waals surface area contributed by atoms with Crippen LogP contribution < -0.4 is 5.32 Å². The van der Waals surface area contributed by atoms with Crippen molar-refractivity contribution in [3.8, 4) is 0 Å². The number of aryl methyl sites for hydroxylation is 1. The Balaban J connectivity index is 2.05. The maximum Gasteiger partial charge on any atom is 0.128 e. The maximum atomic E-state index is 13.4. The second-order valence-electron chi connectivity index (χ2n) is 4.98. The SMILES string of the molecule is Cc1ccc(NC2CCCCC2C)cc1F. The molecule has 0 aliphatic heterocycles. The monoisotopic (exact) mass is 221 g/mol. The number of benzene rings is 1. The van der Waals surface area contributed by atoms with Crippen molar-refractivity contribution in [3.63, 3.8) is 0 Å². The Kier molecular flexibility index (Phi) is 3.47. The fourth-order valence-electron chi connectivity index (χ4n) is 2.43. The first-order valence-corrected chi connectivity index (χ1v) is 6.19. The summed E-state index contributed by atoms with van der Waals surface area (Å²) in [4.78, 5) is 0. The van der Waals surface area contributed by atoms with Crippen LogP contribution in [-0.2, 0) is 0 Å². The van der Waals surface area contributed by atoms with Crippen LogP contribution in [0, 0.1) is 18.7 Å². The van der Waals surface area contributed by atoms with Crippen LogP contribution in [0.15, 0.2) is 18.2 Å². The van der Waals surface area contributed by atoms with Gasteiger partial charge in [-0.15, -0.1) is 0 Å². The number of hydrogen-bond donors (Lipinski definition) is 1. The van der Waals surface area contributed by atoms with Crippen LogP contribution in [0.25, 0.3) is 0 Å². The van der Waals surface area contributed by atoms with Crippen LogP contribution in [0.5, 0.6) is 0 Å². The molecule has 2 rings (SSSR count). The van der Waals surface area contributed by atoms with Crippen molar-refractivity contribution in [1.82, 2.24) is 0 Å². The van der Waals surface area contributed by atoms with Gasteiger partial charge in [-0.1, -0.05) is 25.8 Å². The van der Waals surface area contributed by atoms with Gasteiger partial charge in [0.05, 0.1) is 0 Å². The van der Waals surface area contributed by atoms with E-state index in [1.165, 1.54) is 25.7 Å². The Bertz CT molecular complexity index is 362. The van der Waals surface area contributed by atoms with Crippen LogP contribution in [0.3, 0.4) is 0 Å². The number of nitrogens with one attached hydrogen (secondary N) is 1. The Hall–Kier alpha value is -1.05. The average Bonchev–Trinajstić information content (AvgIpc) is 2.27. The van der Waals surface area contributed by atoms with E-state index in [2.05, 4.69) is 12.2 Å². The predicted molar refractivity (Wildman–Crippen MR) is 66.2 cm³/mol.